The van der Waals surface area contributed by atoms with Gasteiger partial charge in [0.05, 0.1) is 15.1 Å². The number of rotatable bonds is 13. The first-order valence-corrected chi connectivity index (χ1v) is 17.8. The van der Waals surface area contributed by atoms with Gasteiger partial charge in [-0.05, 0) is 0 Å². The molecule has 2 heterocycles. The van der Waals surface area contributed by atoms with Gasteiger partial charge in [-0.1, -0.05) is 58.0 Å². The van der Waals surface area contributed by atoms with E-state index in [9.17, 15) is 33.6 Å². The monoisotopic (exact) mass is 882 g/mol. The number of benzene rings is 1. The quantitative estimate of drug-likeness (QED) is 0.118. The van der Waals surface area contributed by atoms with Crippen LogP contribution in [0.1, 0.15) is 48.5 Å². The molecule has 23 heteroatoms. The average Bonchev–Trinajstić information content (AvgIpc) is 3.06. The maximum absolute atomic E-state index is 12.7. The maximum atomic E-state index is 12.7. The van der Waals surface area contributed by atoms with E-state index in [1.165, 1.54) is 0 Å². The predicted octanol–water partition coefficient (Wildman–Crippen LogP) is 3.95. The lowest BCUT2D eigenvalue weighted by atomic mass is 9.96. The minimum atomic E-state index is -1.89. The highest BCUT2D eigenvalue weighted by atomic mass is 35.5. The van der Waals surface area contributed by atoms with Gasteiger partial charge in [0.15, 0.2) is 36.5 Å². The van der Waals surface area contributed by atoms with Crippen LogP contribution >= 0.6 is 58.0 Å². The molecule has 1 aromatic carbocycles. The topological polar surface area (TPSA) is 221 Å². The summed E-state index contributed by atoms with van der Waals surface area (Å²) in [5, 5.41) is -1.52. The maximum Gasteiger partial charge on any atom is 0.303 e. The summed E-state index contributed by atoms with van der Waals surface area (Å²) in [7, 11) is 0. The Hall–Kier alpha value is -3.36. The third kappa shape index (κ3) is 12.3. The largest absolute Gasteiger partial charge is 0.463 e. The number of carbonyl (C=O) groups excluding carboxylic acids is 7. The Bertz CT molecular complexity index is 1630. The molecule has 306 valence electrons. The van der Waals surface area contributed by atoms with Crippen LogP contribution in [0.15, 0.2) is 0 Å². The Morgan fingerprint density at radius 3 is 1.18 bits per heavy atom. The molecule has 0 saturated carbocycles. The van der Waals surface area contributed by atoms with E-state index in [0.717, 1.165) is 48.5 Å². The van der Waals surface area contributed by atoms with Crippen molar-refractivity contribution in [2.24, 2.45) is 0 Å². The second kappa shape index (κ2) is 20.2. The number of esters is 7. The molecule has 2 fully saturated rings. The molecule has 0 bridgehead atoms. The summed E-state index contributed by atoms with van der Waals surface area (Å²) in [4.78, 5) is 86.0. The lowest BCUT2D eigenvalue weighted by Gasteiger charge is -2.48. The first-order valence-electron chi connectivity index (χ1n) is 15.9. The summed E-state index contributed by atoms with van der Waals surface area (Å²) in [5.74, 6) is -6.76. The summed E-state index contributed by atoms with van der Waals surface area (Å²) in [5.41, 5.74) is 0. The van der Waals surface area contributed by atoms with Gasteiger partial charge < -0.3 is 52.1 Å². The summed E-state index contributed by atoms with van der Waals surface area (Å²) < 4.78 is 62.2. The lowest BCUT2D eigenvalue weighted by molar-refractivity contribution is -0.354. The first-order chi connectivity index (χ1) is 25.6. The standard InChI is InChI=1S/C32H35Cl5O18/c1-10(38)45-8-17-24(47-12(3)40)27(48-13(4)41)29(50-15(6)43)31(52-17)54-25-18(9-46-11(2)39)53-32(30(51-16(7)44)28(25)49-14(5)42)55-26-22(36)20(34)19(33)21(35)23(26)37/h17-18,24-25,27-32H,8-9H2,1-7H3/t17-,18-,24-,25-,27+,28+,29-,30-,31-,32+/m1/s1. The van der Waals surface area contributed by atoms with Crippen LogP contribution in [0.2, 0.25) is 25.1 Å². The molecule has 3 rings (SSSR count). The van der Waals surface area contributed by atoms with Crippen LogP contribution in [0.3, 0.4) is 0 Å². The minimum absolute atomic E-state index is 0.226. The van der Waals surface area contributed by atoms with E-state index in [1.54, 1.807) is 0 Å². The Morgan fingerprint density at radius 1 is 0.436 bits per heavy atom. The number of carbonyl (C=O) groups is 7. The van der Waals surface area contributed by atoms with Gasteiger partial charge in [-0.25, -0.2) is 0 Å². The van der Waals surface area contributed by atoms with Gasteiger partial charge in [-0.15, -0.1) is 0 Å². The van der Waals surface area contributed by atoms with Gasteiger partial charge in [0.2, 0.25) is 12.4 Å². The molecule has 1 aromatic rings. The Kier molecular flexibility index (Phi) is 16.9. The van der Waals surface area contributed by atoms with Crippen LogP contribution in [-0.4, -0.2) is 116 Å². The van der Waals surface area contributed by atoms with Crippen LogP contribution in [0.25, 0.3) is 0 Å². The fraction of sp³-hybridized carbons (Fsp3) is 0.594. The van der Waals surface area contributed by atoms with Crippen molar-refractivity contribution in [1.29, 1.82) is 0 Å². The molecule has 2 aliphatic rings. The van der Waals surface area contributed by atoms with E-state index in [-0.39, 0.29) is 25.1 Å². The van der Waals surface area contributed by atoms with Crippen molar-refractivity contribution in [3.63, 3.8) is 0 Å². The van der Waals surface area contributed by atoms with Crippen molar-refractivity contribution in [3.8, 4) is 5.75 Å². The van der Waals surface area contributed by atoms with Gasteiger partial charge in [-0.2, -0.15) is 0 Å². The lowest BCUT2D eigenvalue weighted by Crippen LogP contribution is -2.67. The van der Waals surface area contributed by atoms with E-state index in [0.29, 0.717) is 0 Å². The highest BCUT2D eigenvalue weighted by Gasteiger charge is 2.58. The number of halogens is 5. The predicted molar refractivity (Wildman–Crippen MR) is 185 cm³/mol. The van der Waals surface area contributed by atoms with E-state index in [2.05, 4.69) is 0 Å². The number of hydrogen-bond donors (Lipinski definition) is 0. The molecule has 55 heavy (non-hydrogen) atoms. The normalized spacial score (nSPS) is 27.5. The van der Waals surface area contributed by atoms with Crippen molar-refractivity contribution in [2.75, 3.05) is 13.2 Å². The molecule has 0 spiro atoms. The molecular weight excluding hydrogens is 850 g/mol. The number of ether oxygens (including phenoxy) is 11. The third-order valence-electron chi connectivity index (χ3n) is 7.29. The Balaban J connectivity index is 2.24. The highest BCUT2D eigenvalue weighted by Crippen LogP contribution is 2.49. The van der Waals surface area contributed by atoms with Crippen LogP contribution < -0.4 is 4.74 Å². The number of hydrogen-bond acceptors (Lipinski definition) is 18. The molecule has 0 aliphatic carbocycles. The molecule has 0 amide bonds. The second-order valence-electron chi connectivity index (χ2n) is 11.7. The molecule has 0 radical (unpaired) electrons. The Labute approximate surface area is 338 Å². The molecule has 0 unspecified atom stereocenters. The van der Waals surface area contributed by atoms with Crippen LogP contribution in [-0.2, 0) is 80.9 Å². The van der Waals surface area contributed by atoms with Gasteiger partial charge in [0.25, 0.3) is 0 Å². The summed E-state index contributed by atoms with van der Waals surface area (Å²) in [6, 6.07) is 0. The summed E-state index contributed by atoms with van der Waals surface area (Å²) >= 11 is 31.4. The first kappa shape index (κ1) is 46.0. The van der Waals surface area contributed by atoms with Gasteiger partial charge in [-0.3, -0.25) is 33.6 Å². The van der Waals surface area contributed by atoms with Crippen LogP contribution in [0.5, 0.6) is 5.75 Å². The minimum Gasteiger partial charge on any atom is -0.463 e. The fourth-order valence-corrected chi connectivity index (χ4v) is 6.58. The van der Waals surface area contributed by atoms with E-state index < -0.39 is 122 Å². The molecular formula is C32H35Cl5O18. The van der Waals surface area contributed by atoms with Crippen LogP contribution in [0.4, 0.5) is 0 Å². The van der Waals surface area contributed by atoms with Crippen molar-refractivity contribution in [2.45, 2.75) is 110 Å². The molecule has 0 aromatic heterocycles. The zero-order valence-electron chi connectivity index (χ0n) is 29.9. The summed E-state index contributed by atoms with van der Waals surface area (Å²) in [6.07, 6.45) is -17.1. The van der Waals surface area contributed by atoms with Crippen molar-refractivity contribution >= 4 is 99.8 Å². The SMILES string of the molecule is CC(=O)OC[C@H]1O[C@H](O[C@H]2[C@H](OC(C)=O)[C@@H](OC(C)=O)[C@H](Oc3c(Cl)c(Cl)c(Cl)c(Cl)c3Cl)O[C@@H]2COC(C)=O)[C@H](OC(C)=O)[C@@H](OC(C)=O)[C@@H]1OC(C)=O. The molecule has 2 aliphatic heterocycles. The zero-order valence-corrected chi connectivity index (χ0v) is 33.7. The zero-order chi connectivity index (χ0) is 41.5. The fourth-order valence-electron chi connectivity index (χ4n) is 5.37. The molecule has 0 N–H and O–H groups in total. The smallest absolute Gasteiger partial charge is 0.303 e. The van der Waals surface area contributed by atoms with Gasteiger partial charge in [0, 0.05) is 48.5 Å². The molecule has 18 nitrogen and oxygen atoms in total. The van der Waals surface area contributed by atoms with Crippen molar-refractivity contribution < 1.29 is 85.7 Å². The van der Waals surface area contributed by atoms with Gasteiger partial charge >= 0.3 is 41.8 Å². The van der Waals surface area contributed by atoms with E-state index in [4.69, 9.17) is 110 Å². The van der Waals surface area contributed by atoms with Crippen LogP contribution in [0, 0.1) is 0 Å². The van der Waals surface area contributed by atoms with Crippen molar-refractivity contribution in [3.05, 3.63) is 25.1 Å². The third-order valence-corrected chi connectivity index (χ3v) is 9.53. The second-order valence-corrected chi connectivity index (χ2v) is 13.6. The molecule has 2 saturated heterocycles. The summed E-state index contributed by atoms with van der Waals surface area (Å²) in [6.45, 7) is 5.86. The highest BCUT2D eigenvalue weighted by molar-refractivity contribution is 6.55. The molecule has 10 atom stereocenters. The van der Waals surface area contributed by atoms with Gasteiger partial charge in [0.1, 0.15) is 41.6 Å². The van der Waals surface area contributed by atoms with E-state index >= 15 is 0 Å². The van der Waals surface area contributed by atoms with Crippen molar-refractivity contribution in [1.82, 2.24) is 0 Å². The van der Waals surface area contributed by atoms with E-state index in [1.807, 2.05) is 0 Å². The Morgan fingerprint density at radius 2 is 0.764 bits per heavy atom. The average molecular weight is 885 g/mol.